The first kappa shape index (κ1) is 14.1. The van der Waals surface area contributed by atoms with Crippen LogP contribution in [0.4, 0.5) is 0 Å². The summed E-state index contributed by atoms with van der Waals surface area (Å²) in [7, 11) is 0. The SMILES string of the molecule is CCCCOc1ccc(-c2cc(C(=O)NN)no2)cc1. The summed E-state index contributed by atoms with van der Waals surface area (Å²) in [5.41, 5.74) is 2.96. The van der Waals surface area contributed by atoms with E-state index in [4.69, 9.17) is 15.1 Å². The molecule has 0 bridgehead atoms. The zero-order chi connectivity index (χ0) is 14.4. The largest absolute Gasteiger partial charge is 0.494 e. The molecule has 0 saturated heterocycles. The van der Waals surface area contributed by atoms with Gasteiger partial charge < -0.3 is 9.26 Å². The van der Waals surface area contributed by atoms with Crippen LogP contribution in [0.1, 0.15) is 30.3 Å². The van der Waals surface area contributed by atoms with Crippen LogP contribution in [-0.2, 0) is 0 Å². The van der Waals surface area contributed by atoms with Gasteiger partial charge in [0.25, 0.3) is 5.91 Å². The molecule has 20 heavy (non-hydrogen) atoms. The van der Waals surface area contributed by atoms with Gasteiger partial charge in [-0.2, -0.15) is 0 Å². The van der Waals surface area contributed by atoms with Crippen molar-refractivity contribution < 1.29 is 14.1 Å². The highest BCUT2D eigenvalue weighted by Gasteiger charge is 2.12. The predicted molar refractivity (Wildman–Crippen MR) is 74.0 cm³/mol. The molecule has 0 spiro atoms. The summed E-state index contributed by atoms with van der Waals surface area (Å²) in [6.07, 6.45) is 2.13. The Kier molecular flexibility index (Phi) is 4.73. The van der Waals surface area contributed by atoms with Crippen molar-refractivity contribution in [3.8, 4) is 17.1 Å². The van der Waals surface area contributed by atoms with E-state index in [2.05, 4.69) is 12.1 Å². The van der Waals surface area contributed by atoms with Crippen molar-refractivity contribution >= 4 is 5.91 Å². The molecule has 1 aromatic heterocycles. The average molecular weight is 275 g/mol. The Hall–Kier alpha value is -2.34. The highest BCUT2D eigenvalue weighted by Crippen LogP contribution is 2.23. The smallest absolute Gasteiger partial charge is 0.287 e. The Morgan fingerprint density at radius 3 is 2.80 bits per heavy atom. The monoisotopic (exact) mass is 275 g/mol. The van der Waals surface area contributed by atoms with E-state index >= 15 is 0 Å². The van der Waals surface area contributed by atoms with Crippen molar-refractivity contribution in [2.45, 2.75) is 19.8 Å². The summed E-state index contributed by atoms with van der Waals surface area (Å²) in [6, 6.07) is 8.96. The molecule has 0 aliphatic heterocycles. The number of rotatable bonds is 6. The van der Waals surface area contributed by atoms with Gasteiger partial charge in [-0.15, -0.1) is 0 Å². The number of amides is 1. The molecule has 0 radical (unpaired) electrons. The molecule has 0 aliphatic rings. The van der Waals surface area contributed by atoms with Crippen molar-refractivity contribution in [3.63, 3.8) is 0 Å². The van der Waals surface area contributed by atoms with Gasteiger partial charge in [0, 0.05) is 11.6 Å². The minimum absolute atomic E-state index is 0.144. The van der Waals surface area contributed by atoms with Crippen LogP contribution in [0, 0.1) is 0 Å². The van der Waals surface area contributed by atoms with Crippen molar-refractivity contribution in [1.82, 2.24) is 10.6 Å². The molecule has 1 aromatic carbocycles. The van der Waals surface area contributed by atoms with E-state index in [0.29, 0.717) is 12.4 Å². The maximum Gasteiger partial charge on any atom is 0.287 e. The first-order chi connectivity index (χ1) is 9.74. The normalized spacial score (nSPS) is 10.3. The number of hydrazine groups is 1. The molecule has 0 saturated carbocycles. The van der Waals surface area contributed by atoms with E-state index < -0.39 is 5.91 Å². The first-order valence-electron chi connectivity index (χ1n) is 6.45. The molecule has 3 N–H and O–H groups in total. The number of aromatic nitrogens is 1. The van der Waals surface area contributed by atoms with Crippen molar-refractivity contribution in [3.05, 3.63) is 36.0 Å². The van der Waals surface area contributed by atoms with Crippen LogP contribution < -0.4 is 16.0 Å². The van der Waals surface area contributed by atoms with Gasteiger partial charge in [-0.05, 0) is 30.7 Å². The lowest BCUT2D eigenvalue weighted by molar-refractivity contribution is 0.0944. The van der Waals surface area contributed by atoms with Crippen LogP contribution >= 0.6 is 0 Å². The zero-order valence-corrected chi connectivity index (χ0v) is 11.3. The van der Waals surface area contributed by atoms with E-state index in [9.17, 15) is 4.79 Å². The summed E-state index contributed by atoms with van der Waals surface area (Å²) in [5.74, 6) is 5.86. The Balaban J connectivity index is 2.06. The average Bonchev–Trinajstić information content (AvgIpc) is 2.97. The number of unbranched alkanes of at least 4 members (excludes halogenated alkanes) is 1. The van der Waals surface area contributed by atoms with E-state index in [1.165, 1.54) is 6.07 Å². The molecular weight excluding hydrogens is 258 g/mol. The van der Waals surface area contributed by atoms with Gasteiger partial charge in [-0.25, -0.2) is 5.84 Å². The van der Waals surface area contributed by atoms with Gasteiger partial charge in [-0.1, -0.05) is 18.5 Å². The standard InChI is InChI=1S/C14H17N3O3/c1-2-3-8-19-11-6-4-10(5-7-11)13-9-12(17-20-13)14(18)16-15/h4-7,9H,2-3,8,15H2,1H3,(H,16,18). The van der Waals surface area contributed by atoms with Gasteiger partial charge in [-0.3, -0.25) is 10.2 Å². The molecule has 0 unspecified atom stereocenters. The van der Waals surface area contributed by atoms with Gasteiger partial charge in [0.2, 0.25) is 0 Å². The number of benzene rings is 1. The van der Waals surface area contributed by atoms with Crippen LogP contribution in [0.2, 0.25) is 0 Å². The molecular formula is C14H17N3O3. The lowest BCUT2D eigenvalue weighted by Crippen LogP contribution is -2.30. The van der Waals surface area contributed by atoms with E-state index in [0.717, 1.165) is 24.2 Å². The van der Waals surface area contributed by atoms with Gasteiger partial charge >= 0.3 is 0 Å². The topological polar surface area (TPSA) is 90.4 Å². The molecule has 0 aliphatic carbocycles. The minimum Gasteiger partial charge on any atom is -0.494 e. The van der Waals surface area contributed by atoms with Crippen LogP contribution in [-0.4, -0.2) is 17.7 Å². The molecule has 6 nitrogen and oxygen atoms in total. The molecule has 6 heteroatoms. The summed E-state index contributed by atoms with van der Waals surface area (Å²) in [5, 5.41) is 3.65. The Bertz CT molecular complexity index is 563. The number of nitrogens with two attached hydrogens (primary N) is 1. The number of nitrogens with zero attached hydrogens (tertiary/aromatic N) is 1. The number of ether oxygens (including phenoxy) is 1. The highest BCUT2D eigenvalue weighted by atomic mass is 16.5. The lowest BCUT2D eigenvalue weighted by Gasteiger charge is -2.05. The second kappa shape index (κ2) is 6.72. The fourth-order valence-electron chi connectivity index (χ4n) is 1.64. The minimum atomic E-state index is -0.487. The second-order valence-electron chi connectivity index (χ2n) is 4.28. The third-order valence-corrected chi connectivity index (χ3v) is 2.78. The van der Waals surface area contributed by atoms with Crippen LogP contribution in [0.3, 0.4) is 0 Å². The van der Waals surface area contributed by atoms with Gasteiger partial charge in [0.05, 0.1) is 6.61 Å². The third kappa shape index (κ3) is 3.36. The first-order valence-corrected chi connectivity index (χ1v) is 6.45. The Morgan fingerprint density at radius 2 is 2.15 bits per heavy atom. The highest BCUT2D eigenvalue weighted by molar-refractivity contribution is 5.92. The lowest BCUT2D eigenvalue weighted by atomic mass is 10.1. The second-order valence-corrected chi connectivity index (χ2v) is 4.28. The molecule has 2 aromatic rings. The van der Waals surface area contributed by atoms with E-state index in [1.807, 2.05) is 29.7 Å². The zero-order valence-electron chi connectivity index (χ0n) is 11.3. The molecule has 1 amide bonds. The maximum absolute atomic E-state index is 11.3. The van der Waals surface area contributed by atoms with Crippen molar-refractivity contribution in [2.75, 3.05) is 6.61 Å². The van der Waals surface area contributed by atoms with E-state index in [-0.39, 0.29) is 5.69 Å². The fraction of sp³-hybridized carbons (Fsp3) is 0.286. The van der Waals surface area contributed by atoms with E-state index in [1.54, 1.807) is 0 Å². The number of carbonyl (C=O) groups is 1. The maximum atomic E-state index is 11.3. The van der Waals surface area contributed by atoms with Crippen LogP contribution in [0.15, 0.2) is 34.9 Å². The quantitative estimate of drug-likeness (QED) is 0.365. The summed E-state index contributed by atoms with van der Waals surface area (Å²) in [6.45, 7) is 2.82. The Morgan fingerprint density at radius 1 is 1.40 bits per heavy atom. The Labute approximate surface area is 116 Å². The number of hydrogen-bond acceptors (Lipinski definition) is 5. The fourth-order valence-corrected chi connectivity index (χ4v) is 1.64. The van der Waals surface area contributed by atoms with Crippen molar-refractivity contribution in [2.24, 2.45) is 5.84 Å². The predicted octanol–water partition coefficient (Wildman–Crippen LogP) is 2.12. The number of nitrogen functional groups attached to an aromatic ring is 1. The summed E-state index contributed by atoms with van der Waals surface area (Å²) < 4.78 is 10.7. The number of hydrogen-bond donors (Lipinski definition) is 2. The molecule has 1 heterocycles. The van der Waals surface area contributed by atoms with Crippen LogP contribution in [0.25, 0.3) is 11.3 Å². The molecule has 0 fully saturated rings. The number of nitrogens with one attached hydrogen (secondary N) is 1. The molecule has 0 atom stereocenters. The number of carbonyl (C=O) groups excluding carboxylic acids is 1. The molecule has 2 rings (SSSR count). The summed E-state index contributed by atoms with van der Waals surface area (Å²) in [4.78, 5) is 11.3. The van der Waals surface area contributed by atoms with Gasteiger partial charge in [0.1, 0.15) is 5.75 Å². The van der Waals surface area contributed by atoms with Crippen LogP contribution in [0.5, 0.6) is 5.75 Å². The molecule has 106 valence electrons. The van der Waals surface area contributed by atoms with Gasteiger partial charge in [0.15, 0.2) is 11.5 Å². The van der Waals surface area contributed by atoms with Crippen molar-refractivity contribution in [1.29, 1.82) is 0 Å². The third-order valence-electron chi connectivity index (χ3n) is 2.78. The summed E-state index contributed by atoms with van der Waals surface area (Å²) >= 11 is 0.